The Morgan fingerprint density at radius 1 is 0.773 bits per heavy atom. The number of unbranched alkanes of at least 4 members (excludes halogenated alkanes) is 2. The summed E-state index contributed by atoms with van der Waals surface area (Å²) in [7, 11) is -1.53. The van der Waals surface area contributed by atoms with Crippen molar-refractivity contribution in [2.24, 2.45) is 0 Å². The zero-order valence-electron chi connectivity index (χ0n) is 37.8. The van der Waals surface area contributed by atoms with Crippen LogP contribution in [-0.4, -0.2) is 105 Å². The Kier molecular flexibility index (Phi) is 17.7. The first-order chi connectivity index (χ1) is 31.2. The zero-order valence-corrected chi connectivity index (χ0v) is 40.2. The summed E-state index contributed by atoms with van der Waals surface area (Å²) in [5.74, 6) is -9.37. The minimum Gasteiger partial charge on any atom is -0.420 e. The molecule has 5 rings (SSSR count). The molecule has 2 aliphatic heterocycles. The van der Waals surface area contributed by atoms with Crippen LogP contribution in [0.2, 0.25) is 0 Å². The molecule has 3 unspecified atom stereocenters. The molecule has 2 heterocycles. The molecule has 14 nitrogen and oxygen atoms in total. The van der Waals surface area contributed by atoms with Crippen LogP contribution in [0, 0.1) is 23.3 Å². The molecule has 0 saturated carbocycles. The number of benzene rings is 3. The number of anilines is 1. The third kappa shape index (κ3) is 11.2. The van der Waals surface area contributed by atoms with E-state index in [0.29, 0.717) is 68.6 Å². The Morgan fingerprint density at radius 3 is 2.00 bits per heavy atom. The topological polar surface area (TPSA) is 164 Å². The van der Waals surface area contributed by atoms with Crippen molar-refractivity contribution in [3.63, 3.8) is 0 Å². The van der Waals surface area contributed by atoms with Gasteiger partial charge in [-0.2, -0.15) is 30.2 Å². The van der Waals surface area contributed by atoms with Gasteiger partial charge in [-0.25, -0.2) is 13.0 Å². The third-order valence-electron chi connectivity index (χ3n) is 12.0. The molecule has 21 heteroatoms. The Hall–Kier alpha value is -4.35. The number of halogens is 4. The fourth-order valence-corrected chi connectivity index (χ4v) is 10.4. The van der Waals surface area contributed by atoms with E-state index in [1.807, 2.05) is 36.7 Å². The number of esters is 1. The van der Waals surface area contributed by atoms with Gasteiger partial charge in [0.25, 0.3) is 20.2 Å². The number of carbonyl (C=O) groups excluding carboxylic acids is 1. The van der Waals surface area contributed by atoms with Gasteiger partial charge in [-0.1, -0.05) is 6.08 Å². The molecule has 0 amide bonds. The molecular formula is C45H55F4N2O12S3+. The van der Waals surface area contributed by atoms with Gasteiger partial charge >= 0.3 is 5.97 Å². The van der Waals surface area contributed by atoms with Crippen LogP contribution in [0.5, 0.6) is 5.75 Å². The van der Waals surface area contributed by atoms with Crippen LogP contribution in [0.25, 0.3) is 0 Å². The highest BCUT2D eigenvalue weighted by Gasteiger charge is 2.48. The fourth-order valence-electron chi connectivity index (χ4n) is 8.44. The second-order valence-electron chi connectivity index (χ2n) is 16.0. The Bertz CT molecular complexity index is 2620. The molecule has 3 atom stereocenters. The van der Waals surface area contributed by atoms with Gasteiger partial charge in [-0.3, -0.25) is 17.3 Å². The third-order valence-corrected chi connectivity index (χ3v) is 15.5. The summed E-state index contributed by atoms with van der Waals surface area (Å²) in [5.41, 5.74) is 2.73. The zero-order chi connectivity index (χ0) is 48.6. The van der Waals surface area contributed by atoms with Crippen LogP contribution < -0.4 is 9.64 Å². The fraction of sp³-hybridized carbons (Fsp3) is 0.467. The lowest BCUT2D eigenvalue weighted by Crippen LogP contribution is -2.33. The Labute approximate surface area is 386 Å². The molecule has 0 fully saturated rings. The molecule has 66 heavy (non-hydrogen) atoms. The van der Waals surface area contributed by atoms with Gasteiger partial charge in [0.05, 0.1) is 43.1 Å². The van der Waals surface area contributed by atoms with Gasteiger partial charge in [0.2, 0.25) is 23.1 Å². The van der Waals surface area contributed by atoms with Crippen LogP contribution >= 0.6 is 0 Å². The summed E-state index contributed by atoms with van der Waals surface area (Å²) in [6, 6.07) is 9.53. The van der Waals surface area contributed by atoms with Crippen molar-refractivity contribution in [2.75, 3.05) is 72.5 Å². The molecule has 0 bridgehead atoms. The lowest BCUT2D eigenvalue weighted by atomic mass is 9.76. The maximum absolute atomic E-state index is 14.2. The van der Waals surface area contributed by atoms with Crippen LogP contribution in [0.1, 0.15) is 69.9 Å². The average Bonchev–Trinajstić information content (AvgIpc) is 3.67. The molecule has 3 aromatic rings. The molecule has 0 N–H and O–H groups in total. The highest BCUT2D eigenvalue weighted by molar-refractivity contribution is 7.87. The van der Waals surface area contributed by atoms with Gasteiger partial charge in [0.1, 0.15) is 6.54 Å². The Balaban J connectivity index is 1.57. The number of rotatable bonds is 24. The first-order valence-corrected chi connectivity index (χ1v) is 25.0. The van der Waals surface area contributed by atoms with E-state index in [9.17, 15) is 43.4 Å². The standard InChI is InChI=1S/C45H55F4N2O12S3/c1-44(20-12-26-64(53)60-5)32-27-30(65(54,55)61-6)17-19-37(32)51(23-25-59-4)38(44)13-11-14-39-45(2,21-24-58-3)33-28-31(66(56,57)62-7)16-18-36(33)50(39)22-10-8-9-15-40(52)63-43-41(48)34(46)29-35(47)42(43)49/h11,13-14,16-19,27-29H,8-10,12,15,20-26H2,1-7H3/q+1. The molecule has 0 radical (unpaired) electrons. The summed E-state index contributed by atoms with van der Waals surface area (Å²) in [4.78, 5) is 14.5. The van der Waals surface area contributed by atoms with Crippen LogP contribution in [0.3, 0.4) is 0 Å². The predicted molar refractivity (Wildman–Crippen MR) is 238 cm³/mol. The van der Waals surface area contributed by atoms with E-state index >= 15 is 0 Å². The number of carbonyl (C=O) groups is 1. The van der Waals surface area contributed by atoms with Crippen molar-refractivity contribution in [3.05, 3.63) is 101 Å². The molecular weight excluding hydrogens is 933 g/mol. The van der Waals surface area contributed by atoms with Crippen molar-refractivity contribution in [1.29, 1.82) is 0 Å². The SMILES string of the molecule is COCCN1/C(=C/C=C/C2=[N+](CCCCCC(=O)Oc3c(F)c(F)cc(F)c3F)c3ccc(S(=O)(=O)OC)cc3C2(C)CCOC)C(C)(CCCS(=O)OC)c2cc(S(=O)(=O)OC)ccc21. The van der Waals surface area contributed by atoms with Gasteiger partial charge in [0.15, 0.2) is 28.4 Å². The van der Waals surface area contributed by atoms with E-state index in [1.165, 1.54) is 19.2 Å². The van der Waals surface area contributed by atoms with E-state index in [4.69, 9.17) is 22.0 Å². The lowest BCUT2D eigenvalue weighted by Gasteiger charge is -2.30. The van der Waals surface area contributed by atoms with E-state index < -0.39 is 77.1 Å². The minimum atomic E-state index is -4.11. The largest absolute Gasteiger partial charge is 0.420 e. The smallest absolute Gasteiger partial charge is 0.311 e. The molecule has 0 aromatic heterocycles. The van der Waals surface area contributed by atoms with Gasteiger partial charge in [-0.05, 0) is 87.9 Å². The van der Waals surface area contributed by atoms with Gasteiger partial charge < -0.3 is 19.1 Å². The second-order valence-corrected chi connectivity index (χ2v) is 20.7. The van der Waals surface area contributed by atoms with Gasteiger partial charge in [-0.15, -0.1) is 0 Å². The predicted octanol–water partition coefficient (Wildman–Crippen LogP) is 7.43. The van der Waals surface area contributed by atoms with E-state index in [-0.39, 0.29) is 41.1 Å². The molecule has 362 valence electrons. The molecule has 2 aliphatic rings. The first-order valence-electron chi connectivity index (χ1n) is 20.9. The number of fused-ring (bicyclic) bond motifs is 2. The van der Waals surface area contributed by atoms with E-state index in [1.54, 1.807) is 38.5 Å². The van der Waals surface area contributed by atoms with Crippen LogP contribution in [0.15, 0.2) is 76.2 Å². The minimum absolute atomic E-state index is 0.0157. The highest BCUT2D eigenvalue weighted by atomic mass is 32.2. The van der Waals surface area contributed by atoms with E-state index in [2.05, 4.69) is 9.64 Å². The number of nitrogens with zero attached hydrogens (tertiary/aromatic N) is 2. The number of ether oxygens (including phenoxy) is 3. The monoisotopic (exact) mass is 987 g/mol. The summed E-state index contributed by atoms with van der Waals surface area (Å²) in [6.07, 6.45) is 7.75. The summed E-state index contributed by atoms with van der Waals surface area (Å²) < 4.78 is 152. The summed E-state index contributed by atoms with van der Waals surface area (Å²) in [5, 5.41) is 0. The summed E-state index contributed by atoms with van der Waals surface area (Å²) >= 11 is -1.54. The van der Waals surface area contributed by atoms with Gasteiger partial charge in [0, 0.05) is 86.5 Å². The number of hydrogen-bond donors (Lipinski definition) is 0. The number of methoxy groups -OCH3 is 2. The van der Waals surface area contributed by atoms with Crippen molar-refractivity contribution >= 4 is 54.4 Å². The quantitative estimate of drug-likeness (QED) is 0.0166. The second kappa shape index (κ2) is 22.2. The maximum atomic E-state index is 14.2. The average molecular weight is 988 g/mol. The van der Waals surface area contributed by atoms with Crippen LogP contribution in [-0.2, 0) is 69.0 Å². The van der Waals surface area contributed by atoms with Crippen molar-refractivity contribution in [1.82, 2.24) is 0 Å². The van der Waals surface area contributed by atoms with Crippen LogP contribution in [0.4, 0.5) is 28.9 Å². The molecule has 3 aromatic carbocycles. The number of hydrogen-bond acceptors (Lipinski definition) is 13. The number of allylic oxidation sites excluding steroid dienone is 4. The lowest BCUT2D eigenvalue weighted by molar-refractivity contribution is -0.438. The first kappa shape index (κ1) is 52.6. The van der Waals surface area contributed by atoms with Crippen molar-refractivity contribution in [2.45, 2.75) is 79.4 Å². The maximum Gasteiger partial charge on any atom is 0.311 e. The summed E-state index contributed by atoms with van der Waals surface area (Å²) in [6.45, 7) is 5.31. The Morgan fingerprint density at radius 2 is 1.39 bits per heavy atom. The van der Waals surface area contributed by atoms with Crippen molar-refractivity contribution < 1.29 is 74.7 Å². The molecule has 0 spiro atoms. The molecule has 0 aliphatic carbocycles. The van der Waals surface area contributed by atoms with E-state index in [0.717, 1.165) is 31.3 Å². The normalized spacial score (nSPS) is 19.6. The molecule has 0 saturated heterocycles. The van der Waals surface area contributed by atoms with Crippen molar-refractivity contribution in [3.8, 4) is 5.75 Å². The highest BCUT2D eigenvalue weighted by Crippen LogP contribution is 2.51.